The average molecular weight is 312 g/mol. The number of carboxylic acids is 1. The molecule has 2 heterocycles. The Balaban J connectivity index is 1.95. The van der Waals surface area contributed by atoms with E-state index in [9.17, 15) is 4.79 Å². The van der Waals surface area contributed by atoms with Crippen molar-refractivity contribution in [1.29, 1.82) is 0 Å². The molecule has 1 saturated heterocycles. The van der Waals surface area contributed by atoms with Gasteiger partial charge in [0.25, 0.3) is 0 Å². The number of nitrogens with zero attached hydrogens (tertiary/aromatic N) is 2. The van der Waals surface area contributed by atoms with E-state index in [2.05, 4.69) is 24.0 Å². The molecule has 0 amide bonds. The molecule has 1 aliphatic heterocycles. The van der Waals surface area contributed by atoms with Crippen molar-refractivity contribution in [3.05, 3.63) is 47.5 Å². The number of hydrogen-bond donors (Lipinski definition) is 1. The molecule has 0 bridgehead atoms. The summed E-state index contributed by atoms with van der Waals surface area (Å²) in [6.07, 6.45) is 0.931. The molecule has 5 nitrogen and oxygen atoms in total. The zero-order valence-electron chi connectivity index (χ0n) is 13.2. The van der Waals surface area contributed by atoms with Crippen LogP contribution in [0.25, 0.3) is 11.3 Å². The van der Waals surface area contributed by atoms with Crippen molar-refractivity contribution in [1.82, 2.24) is 4.98 Å². The van der Waals surface area contributed by atoms with Crippen molar-refractivity contribution in [2.24, 2.45) is 0 Å². The highest BCUT2D eigenvalue weighted by Crippen LogP contribution is 2.24. The van der Waals surface area contributed by atoms with Crippen LogP contribution < -0.4 is 4.90 Å². The Morgan fingerprint density at radius 1 is 1.22 bits per heavy atom. The van der Waals surface area contributed by atoms with Gasteiger partial charge in [-0.05, 0) is 36.2 Å². The lowest BCUT2D eigenvalue weighted by molar-refractivity contribution is 0.0697. The summed E-state index contributed by atoms with van der Waals surface area (Å²) < 4.78 is 5.40. The Labute approximate surface area is 135 Å². The van der Waals surface area contributed by atoms with Crippen LogP contribution in [0.3, 0.4) is 0 Å². The number of aromatic carboxylic acids is 1. The molecule has 1 aliphatic rings. The van der Waals surface area contributed by atoms with Crippen LogP contribution in [0, 0.1) is 0 Å². The van der Waals surface area contributed by atoms with Crippen LogP contribution in [0.1, 0.15) is 22.8 Å². The number of rotatable bonds is 4. The summed E-state index contributed by atoms with van der Waals surface area (Å²) in [5.74, 6) is 0.0470. The van der Waals surface area contributed by atoms with Crippen LogP contribution in [0.4, 0.5) is 5.82 Å². The number of benzene rings is 1. The molecule has 3 rings (SSSR count). The van der Waals surface area contributed by atoms with Crippen molar-refractivity contribution in [2.45, 2.75) is 13.3 Å². The second-order valence-corrected chi connectivity index (χ2v) is 5.55. The minimum absolute atomic E-state index is 0.286. The number of ether oxygens (including phenoxy) is 1. The maximum Gasteiger partial charge on any atom is 0.335 e. The quantitative estimate of drug-likeness (QED) is 0.940. The molecule has 2 aromatic rings. The molecule has 1 aromatic carbocycles. The van der Waals surface area contributed by atoms with Crippen LogP contribution in [-0.2, 0) is 11.2 Å². The molecular formula is C18H20N2O3. The van der Waals surface area contributed by atoms with E-state index in [1.165, 1.54) is 5.56 Å². The highest BCUT2D eigenvalue weighted by atomic mass is 16.5. The fourth-order valence-electron chi connectivity index (χ4n) is 2.66. The first-order valence-electron chi connectivity index (χ1n) is 7.85. The minimum atomic E-state index is -0.916. The lowest BCUT2D eigenvalue weighted by Gasteiger charge is -2.28. The fraction of sp³-hybridized carbons (Fsp3) is 0.333. The topological polar surface area (TPSA) is 62.7 Å². The van der Waals surface area contributed by atoms with E-state index < -0.39 is 5.97 Å². The number of morpholine rings is 1. The van der Waals surface area contributed by atoms with Crippen LogP contribution in [0.5, 0.6) is 0 Å². The van der Waals surface area contributed by atoms with E-state index in [0.29, 0.717) is 0 Å². The highest BCUT2D eigenvalue weighted by molar-refractivity contribution is 5.88. The Bertz CT molecular complexity index is 692. The number of hydrogen-bond acceptors (Lipinski definition) is 4. The largest absolute Gasteiger partial charge is 0.478 e. The van der Waals surface area contributed by atoms with Crippen molar-refractivity contribution in [3.8, 4) is 11.3 Å². The Hall–Kier alpha value is -2.40. The fourth-order valence-corrected chi connectivity index (χ4v) is 2.66. The lowest BCUT2D eigenvalue weighted by atomic mass is 10.1. The predicted octanol–water partition coefficient (Wildman–Crippen LogP) is 2.85. The average Bonchev–Trinajstić information content (AvgIpc) is 2.62. The van der Waals surface area contributed by atoms with Crippen molar-refractivity contribution in [2.75, 3.05) is 31.2 Å². The van der Waals surface area contributed by atoms with E-state index in [0.717, 1.165) is 49.8 Å². The first kappa shape index (κ1) is 15.5. The maximum absolute atomic E-state index is 11.0. The van der Waals surface area contributed by atoms with Crippen LogP contribution in [0.2, 0.25) is 0 Å². The van der Waals surface area contributed by atoms with E-state index in [1.807, 2.05) is 12.1 Å². The molecular weight excluding hydrogens is 292 g/mol. The monoisotopic (exact) mass is 312 g/mol. The molecule has 1 N–H and O–H groups in total. The highest BCUT2D eigenvalue weighted by Gasteiger charge is 2.14. The third-order valence-electron chi connectivity index (χ3n) is 4.04. The number of pyridine rings is 1. The van der Waals surface area contributed by atoms with E-state index in [1.54, 1.807) is 12.1 Å². The second kappa shape index (κ2) is 6.79. The van der Waals surface area contributed by atoms with Gasteiger partial charge in [0, 0.05) is 18.7 Å². The van der Waals surface area contributed by atoms with E-state index >= 15 is 0 Å². The molecule has 23 heavy (non-hydrogen) atoms. The summed E-state index contributed by atoms with van der Waals surface area (Å²) in [5, 5.41) is 9.01. The molecule has 0 spiro atoms. The van der Waals surface area contributed by atoms with Crippen LogP contribution in [0.15, 0.2) is 36.4 Å². The smallest absolute Gasteiger partial charge is 0.335 e. The van der Waals surface area contributed by atoms with Gasteiger partial charge in [-0.1, -0.05) is 19.1 Å². The van der Waals surface area contributed by atoms with Gasteiger partial charge in [-0.3, -0.25) is 0 Å². The van der Waals surface area contributed by atoms with Gasteiger partial charge >= 0.3 is 5.97 Å². The van der Waals surface area contributed by atoms with E-state index in [-0.39, 0.29) is 5.56 Å². The third kappa shape index (κ3) is 3.51. The van der Waals surface area contributed by atoms with Gasteiger partial charge < -0.3 is 14.7 Å². The second-order valence-electron chi connectivity index (χ2n) is 5.55. The zero-order chi connectivity index (χ0) is 16.2. The van der Waals surface area contributed by atoms with Gasteiger partial charge in [-0.25, -0.2) is 9.78 Å². The van der Waals surface area contributed by atoms with Gasteiger partial charge in [0.2, 0.25) is 0 Å². The van der Waals surface area contributed by atoms with Gasteiger partial charge in [0.05, 0.1) is 24.5 Å². The van der Waals surface area contributed by atoms with Gasteiger partial charge in [-0.2, -0.15) is 0 Å². The standard InChI is InChI=1S/C18H20N2O3/c1-2-13-11-16(14-3-5-15(6-4-14)18(21)22)19-17(12-13)20-7-9-23-10-8-20/h3-6,11-12H,2,7-10H2,1H3,(H,21,22). The van der Waals surface area contributed by atoms with Crippen LogP contribution in [-0.4, -0.2) is 42.4 Å². The number of anilines is 1. The van der Waals surface area contributed by atoms with Gasteiger partial charge in [-0.15, -0.1) is 0 Å². The lowest BCUT2D eigenvalue weighted by Crippen LogP contribution is -2.36. The molecule has 0 aliphatic carbocycles. The molecule has 0 radical (unpaired) electrons. The Morgan fingerprint density at radius 3 is 2.52 bits per heavy atom. The predicted molar refractivity (Wildman–Crippen MR) is 89.0 cm³/mol. The first-order valence-corrected chi connectivity index (χ1v) is 7.85. The molecule has 5 heteroatoms. The molecule has 0 atom stereocenters. The normalized spacial score (nSPS) is 14.7. The molecule has 0 unspecified atom stereocenters. The Kier molecular flexibility index (Phi) is 4.57. The van der Waals surface area contributed by atoms with Crippen molar-refractivity contribution >= 4 is 11.8 Å². The number of aromatic nitrogens is 1. The van der Waals surface area contributed by atoms with E-state index in [4.69, 9.17) is 14.8 Å². The van der Waals surface area contributed by atoms with Crippen molar-refractivity contribution in [3.63, 3.8) is 0 Å². The third-order valence-corrected chi connectivity index (χ3v) is 4.04. The summed E-state index contributed by atoms with van der Waals surface area (Å²) in [5.41, 5.74) is 3.31. The summed E-state index contributed by atoms with van der Waals surface area (Å²) in [7, 11) is 0. The number of aryl methyl sites for hydroxylation is 1. The van der Waals surface area contributed by atoms with Crippen LogP contribution >= 0.6 is 0 Å². The molecule has 1 aromatic heterocycles. The van der Waals surface area contributed by atoms with Gasteiger partial charge in [0.1, 0.15) is 5.82 Å². The summed E-state index contributed by atoms with van der Waals surface area (Å²) >= 11 is 0. The van der Waals surface area contributed by atoms with Gasteiger partial charge in [0.15, 0.2) is 0 Å². The molecule has 0 saturated carbocycles. The Morgan fingerprint density at radius 2 is 1.91 bits per heavy atom. The first-order chi connectivity index (χ1) is 11.2. The number of carboxylic acid groups (broad SMARTS) is 1. The summed E-state index contributed by atoms with van der Waals surface area (Å²) in [6.45, 7) is 5.26. The zero-order valence-corrected chi connectivity index (χ0v) is 13.2. The summed E-state index contributed by atoms with van der Waals surface area (Å²) in [6, 6.07) is 11.1. The summed E-state index contributed by atoms with van der Waals surface area (Å²) in [4.78, 5) is 18.0. The minimum Gasteiger partial charge on any atom is -0.478 e. The molecule has 120 valence electrons. The maximum atomic E-state index is 11.0. The molecule has 1 fully saturated rings. The SMILES string of the molecule is CCc1cc(-c2ccc(C(=O)O)cc2)nc(N2CCOCC2)c1. The van der Waals surface area contributed by atoms with Crippen molar-refractivity contribution < 1.29 is 14.6 Å². The number of carbonyl (C=O) groups is 1.